The lowest BCUT2D eigenvalue weighted by Gasteiger charge is -2.13. The first-order valence-electron chi connectivity index (χ1n) is 12.2. The molecule has 1 heterocycles. The Labute approximate surface area is 224 Å². The minimum absolute atomic E-state index is 0.0326. The van der Waals surface area contributed by atoms with Gasteiger partial charge in [0.1, 0.15) is 12.4 Å². The molecule has 8 heteroatoms. The molecular formula is C30H25N3O4S. The van der Waals surface area contributed by atoms with E-state index in [-0.39, 0.29) is 18.2 Å². The molecule has 1 saturated heterocycles. The van der Waals surface area contributed by atoms with Crippen molar-refractivity contribution in [3.05, 3.63) is 117 Å². The van der Waals surface area contributed by atoms with Crippen molar-refractivity contribution in [3.8, 4) is 5.75 Å². The van der Waals surface area contributed by atoms with Gasteiger partial charge in [-0.2, -0.15) is 0 Å². The summed E-state index contributed by atoms with van der Waals surface area (Å²) in [5.74, 6) is 0.521. The number of amidine groups is 1. The lowest BCUT2D eigenvalue weighted by atomic mass is 10.0. The molecule has 38 heavy (non-hydrogen) atoms. The van der Waals surface area contributed by atoms with E-state index in [9.17, 15) is 14.9 Å². The third-order valence-corrected chi connectivity index (χ3v) is 7.22. The zero-order valence-corrected chi connectivity index (χ0v) is 21.8. The highest BCUT2D eigenvalue weighted by Gasteiger charge is 2.32. The molecule has 1 fully saturated rings. The van der Waals surface area contributed by atoms with Crippen LogP contribution in [0, 0.1) is 17.0 Å². The molecule has 1 amide bonds. The van der Waals surface area contributed by atoms with Crippen LogP contribution in [0.1, 0.15) is 23.6 Å². The Morgan fingerprint density at radius 2 is 1.74 bits per heavy atom. The van der Waals surface area contributed by atoms with Gasteiger partial charge < -0.3 is 4.74 Å². The van der Waals surface area contributed by atoms with Crippen LogP contribution in [0.15, 0.2) is 94.8 Å². The molecule has 5 rings (SSSR count). The number of non-ortho nitro benzene ring substituents is 1. The van der Waals surface area contributed by atoms with Crippen LogP contribution in [0.4, 0.5) is 11.4 Å². The number of rotatable bonds is 7. The lowest BCUT2D eigenvalue weighted by Crippen LogP contribution is -2.28. The van der Waals surface area contributed by atoms with E-state index in [1.807, 2.05) is 80.6 Å². The van der Waals surface area contributed by atoms with Gasteiger partial charge in [-0.25, -0.2) is 4.99 Å². The van der Waals surface area contributed by atoms with Crippen molar-refractivity contribution in [3.63, 3.8) is 0 Å². The molecule has 0 N–H and O–H groups in total. The van der Waals surface area contributed by atoms with Crippen molar-refractivity contribution >= 4 is 51.1 Å². The number of aliphatic imine (C=N–C) groups is 1. The van der Waals surface area contributed by atoms with Crippen LogP contribution in [-0.4, -0.2) is 27.4 Å². The van der Waals surface area contributed by atoms with E-state index in [4.69, 9.17) is 9.73 Å². The smallest absolute Gasteiger partial charge is 0.269 e. The highest BCUT2D eigenvalue weighted by Crippen LogP contribution is 2.38. The first kappa shape index (κ1) is 25.2. The monoisotopic (exact) mass is 523 g/mol. The summed E-state index contributed by atoms with van der Waals surface area (Å²) in [5, 5.41) is 13.6. The summed E-state index contributed by atoms with van der Waals surface area (Å²) in [7, 11) is 0. The summed E-state index contributed by atoms with van der Waals surface area (Å²) in [5.41, 5.74) is 3.58. The molecule has 1 aliphatic rings. The number of ether oxygens (including phenoxy) is 1. The molecule has 0 bridgehead atoms. The van der Waals surface area contributed by atoms with Crippen molar-refractivity contribution in [1.82, 2.24) is 4.90 Å². The second-order valence-electron chi connectivity index (χ2n) is 8.80. The number of aryl methyl sites for hydroxylation is 1. The van der Waals surface area contributed by atoms with E-state index in [2.05, 4.69) is 0 Å². The van der Waals surface area contributed by atoms with Gasteiger partial charge in [0.2, 0.25) is 0 Å². The number of thioether (sulfide) groups is 1. The zero-order valence-electron chi connectivity index (χ0n) is 21.0. The Morgan fingerprint density at radius 3 is 2.45 bits per heavy atom. The molecule has 190 valence electrons. The van der Waals surface area contributed by atoms with Crippen LogP contribution in [0.3, 0.4) is 0 Å². The maximum absolute atomic E-state index is 13.4. The molecule has 7 nitrogen and oxygen atoms in total. The van der Waals surface area contributed by atoms with Crippen LogP contribution < -0.4 is 4.74 Å². The number of likely N-dealkylation sites (N-methyl/N-ethyl adjacent to an activating group) is 1. The van der Waals surface area contributed by atoms with E-state index in [1.54, 1.807) is 17.0 Å². The molecule has 0 aliphatic carbocycles. The molecule has 4 aromatic carbocycles. The van der Waals surface area contributed by atoms with Gasteiger partial charge in [-0.1, -0.05) is 48.0 Å². The zero-order chi connectivity index (χ0) is 26.6. The van der Waals surface area contributed by atoms with Crippen molar-refractivity contribution < 1.29 is 14.5 Å². The van der Waals surface area contributed by atoms with Crippen molar-refractivity contribution in [1.29, 1.82) is 0 Å². The number of hydrogen-bond acceptors (Lipinski definition) is 6. The standard InChI is InChI=1S/C30H25N3O4S/c1-3-32-29(34)28(38-30(32)31-23-13-8-20(2)9-14-23)18-26-25-7-5-4-6-22(25)12-17-27(26)37-19-21-10-15-24(16-11-21)33(35)36/h4-18H,3,19H2,1-2H3/b28-18+,31-30?. The van der Waals surface area contributed by atoms with E-state index in [0.29, 0.717) is 22.4 Å². The molecule has 0 atom stereocenters. The van der Waals surface area contributed by atoms with Crippen molar-refractivity contribution in [2.45, 2.75) is 20.5 Å². The van der Waals surface area contributed by atoms with Gasteiger partial charge in [0.25, 0.3) is 11.6 Å². The minimum atomic E-state index is -0.426. The summed E-state index contributed by atoms with van der Waals surface area (Å²) >= 11 is 1.35. The van der Waals surface area contributed by atoms with E-state index < -0.39 is 4.92 Å². The fourth-order valence-corrected chi connectivity index (χ4v) is 5.20. The fraction of sp³-hybridized carbons (Fsp3) is 0.133. The summed E-state index contributed by atoms with van der Waals surface area (Å²) in [6.07, 6.45) is 1.88. The number of fused-ring (bicyclic) bond motifs is 1. The molecule has 0 radical (unpaired) electrons. The quantitative estimate of drug-likeness (QED) is 0.145. The summed E-state index contributed by atoms with van der Waals surface area (Å²) < 4.78 is 6.19. The highest BCUT2D eigenvalue weighted by molar-refractivity contribution is 8.18. The van der Waals surface area contributed by atoms with Gasteiger partial charge in [-0.3, -0.25) is 19.8 Å². The second-order valence-corrected chi connectivity index (χ2v) is 9.81. The third-order valence-electron chi connectivity index (χ3n) is 6.21. The molecule has 0 saturated carbocycles. The maximum Gasteiger partial charge on any atom is 0.269 e. The number of hydrogen-bond donors (Lipinski definition) is 0. The predicted octanol–water partition coefficient (Wildman–Crippen LogP) is 7.26. The van der Waals surface area contributed by atoms with Crippen LogP contribution in [0.2, 0.25) is 0 Å². The van der Waals surface area contributed by atoms with Gasteiger partial charge in [0.15, 0.2) is 5.17 Å². The van der Waals surface area contributed by atoms with Crippen LogP contribution in [0.5, 0.6) is 5.75 Å². The van der Waals surface area contributed by atoms with Crippen LogP contribution >= 0.6 is 11.8 Å². The van der Waals surface area contributed by atoms with Crippen LogP contribution in [-0.2, 0) is 11.4 Å². The average Bonchev–Trinajstić information content (AvgIpc) is 3.22. The maximum atomic E-state index is 13.4. The van der Waals surface area contributed by atoms with Gasteiger partial charge in [-0.15, -0.1) is 0 Å². The number of carbonyl (C=O) groups excluding carboxylic acids is 1. The number of nitrogens with zero attached hydrogens (tertiary/aromatic N) is 3. The molecule has 0 spiro atoms. The van der Waals surface area contributed by atoms with Gasteiger partial charge in [0, 0.05) is 24.2 Å². The largest absolute Gasteiger partial charge is 0.488 e. The van der Waals surface area contributed by atoms with Gasteiger partial charge >= 0.3 is 0 Å². The first-order chi connectivity index (χ1) is 18.4. The number of carbonyl (C=O) groups is 1. The minimum Gasteiger partial charge on any atom is -0.488 e. The molecule has 0 unspecified atom stereocenters. The number of benzene rings is 4. The fourth-order valence-electron chi connectivity index (χ4n) is 4.16. The predicted molar refractivity (Wildman–Crippen MR) is 153 cm³/mol. The van der Waals surface area contributed by atoms with E-state index >= 15 is 0 Å². The van der Waals surface area contributed by atoms with Crippen molar-refractivity contribution in [2.24, 2.45) is 4.99 Å². The van der Waals surface area contributed by atoms with E-state index in [0.717, 1.165) is 33.2 Å². The topological polar surface area (TPSA) is 85.0 Å². The molecule has 0 aromatic heterocycles. The van der Waals surface area contributed by atoms with Gasteiger partial charge in [0.05, 0.1) is 15.5 Å². The first-order valence-corrected chi connectivity index (χ1v) is 13.0. The van der Waals surface area contributed by atoms with E-state index in [1.165, 1.54) is 23.9 Å². The average molecular weight is 524 g/mol. The van der Waals surface area contributed by atoms with Crippen molar-refractivity contribution in [2.75, 3.05) is 6.54 Å². The number of nitro groups is 1. The number of amides is 1. The summed E-state index contributed by atoms with van der Waals surface area (Å²) in [6, 6.07) is 26.0. The third kappa shape index (κ3) is 5.31. The Morgan fingerprint density at radius 1 is 1.00 bits per heavy atom. The SMILES string of the molecule is CCN1C(=O)/C(=C\c2c(OCc3ccc([N+](=O)[O-])cc3)ccc3ccccc23)SC1=Nc1ccc(C)cc1. The second kappa shape index (κ2) is 10.9. The summed E-state index contributed by atoms with van der Waals surface area (Å²) in [4.78, 5) is 30.9. The Hall–Kier alpha value is -4.43. The Balaban J connectivity index is 1.50. The normalized spacial score (nSPS) is 15.5. The summed E-state index contributed by atoms with van der Waals surface area (Å²) in [6.45, 7) is 4.69. The lowest BCUT2D eigenvalue weighted by molar-refractivity contribution is -0.384. The highest BCUT2D eigenvalue weighted by atomic mass is 32.2. The molecular weight excluding hydrogens is 498 g/mol. The Kier molecular flexibility index (Phi) is 7.24. The number of nitro benzene ring substituents is 1. The van der Waals surface area contributed by atoms with Gasteiger partial charge in [-0.05, 0) is 78.4 Å². The van der Waals surface area contributed by atoms with Crippen LogP contribution in [0.25, 0.3) is 16.8 Å². The molecule has 1 aliphatic heterocycles. The molecule has 4 aromatic rings. The Bertz CT molecular complexity index is 1580.